The standard InChI is InChI=1S/C64H42N4OSi/c1-4-18-46(19-5-1)70(47-20-6-2-7-21-47,48-22-8-3-9-23-48)49-36-32-43(33-37-49)56-42-57(44-34-38-54-53-27-13-17-31-62(53)69-63(54)40-44)66-64(65-56)68-60-30-16-12-26-52(60)55-41-45(35-39-61(55)68)67-58-28-14-10-24-50(58)51-25-11-15-29-59(51)67/h1-42H. The van der Waals surface area contributed by atoms with Crippen LogP contribution in [0.2, 0.25) is 0 Å². The zero-order valence-electron chi connectivity index (χ0n) is 37.9. The number of aromatic nitrogens is 4. The van der Waals surface area contributed by atoms with E-state index >= 15 is 0 Å². The van der Waals surface area contributed by atoms with Gasteiger partial charge in [-0.25, -0.2) is 9.97 Å². The number of furan rings is 1. The van der Waals surface area contributed by atoms with Crippen LogP contribution in [0.5, 0.6) is 0 Å². The van der Waals surface area contributed by atoms with E-state index in [1.807, 2.05) is 12.1 Å². The lowest BCUT2D eigenvalue weighted by Gasteiger charge is -2.34. The molecule has 4 heterocycles. The molecule has 0 N–H and O–H groups in total. The number of nitrogens with zero attached hydrogens (tertiary/aromatic N) is 4. The van der Waals surface area contributed by atoms with Crippen LogP contribution in [0.3, 0.4) is 0 Å². The van der Waals surface area contributed by atoms with Crippen LogP contribution in [0.15, 0.2) is 259 Å². The van der Waals surface area contributed by atoms with E-state index in [4.69, 9.17) is 14.4 Å². The first kappa shape index (κ1) is 40.0. The molecule has 70 heavy (non-hydrogen) atoms. The fraction of sp³-hybridized carbons (Fsp3) is 0. The second-order valence-electron chi connectivity index (χ2n) is 18.1. The minimum atomic E-state index is -2.75. The molecule has 0 aliphatic heterocycles. The maximum atomic E-state index is 6.45. The van der Waals surface area contributed by atoms with E-state index in [1.54, 1.807) is 0 Å². The van der Waals surface area contributed by atoms with Gasteiger partial charge in [0.1, 0.15) is 11.2 Å². The van der Waals surface area contributed by atoms with E-state index in [2.05, 4.69) is 252 Å². The molecule has 0 aliphatic carbocycles. The van der Waals surface area contributed by atoms with Crippen molar-refractivity contribution in [2.45, 2.75) is 0 Å². The summed E-state index contributed by atoms with van der Waals surface area (Å²) in [6, 6.07) is 91.9. The molecule has 0 aliphatic rings. The number of fused-ring (bicyclic) bond motifs is 9. The van der Waals surface area contributed by atoms with Crippen LogP contribution in [0.1, 0.15) is 0 Å². The lowest BCUT2D eigenvalue weighted by molar-refractivity contribution is 0.669. The van der Waals surface area contributed by atoms with E-state index in [9.17, 15) is 0 Å². The number of para-hydroxylation sites is 4. The summed E-state index contributed by atoms with van der Waals surface area (Å²) < 4.78 is 11.1. The third-order valence-corrected chi connectivity index (χ3v) is 19.1. The van der Waals surface area contributed by atoms with Crippen molar-refractivity contribution in [1.82, 2.24) is 19.1 Å². The summed E-state index contributed by atoms with van der Waals surface area (Å²) in [6.45, 7) is 0. The molecule has 14 rings (SSSR count). The molecule has 0 radical (unpaired) electrons. The van der Waals surface area contributed by atoms with Gasteiger partial charge in [-0.2, -0.15) is 0 Å². The van der Waals surface area contributed by atoms with Crippen molar-refractivity contribution in [2.75, 3.05) is 0 Å². The fourth-order valence-corrected chi connectivity index (χ4v) is 15.9. The van der Waals surface area contributed by atoms with Crippen LogP contribution in [0.4, 0.5) is 0 Å². The van der Waals surface area contributed by atoms with Crippen molar-refractivity contribution >= 4 is 94.4 Å². The van der Waals surface area contributed by atoms with Crippen LogP contribution in [0.25, 0.3) is 99.7 Å². The SMILES string of the molecule is c1ccc([Si](c2ccccc2)(c2ccccc2)c2ccc(-c3cc(-c4ccc5c(c4)oc4ccccc45)nc(-n4c5ccccc5c5cc(-n6c7ccccc7c7ccccc76)ccc54)n3)cc2)cc1. The Morgan fingerprint density at radius 1 is 0.300 bits per heavy atom. The summed E-state index contributed by atoms with van der Waals surface area (Å²) in [5.74, 6) is 0.596. The number of rotatable bonds is 8. The van der Waals surface area contributed by atoms with Gasteiger partial charge in [-0.05, 0) is 81.4 Å². The molecule has 14 aromatic rings. The Morgan fingerprint density at radius 2 is 0.743 bits per heavy atom. The summed E-state index contributed by atoms with van der Waals surface area (Å²) in [4.78, 5) is 11.0. The van der Waals surface area contributed by atoms with Crippen LogP contribution in [0, 0.1) is 0 Å². The van der Waals surface area contributed by atoms with Gasteiger partial charge < -0.3 is 8.98 Å². The molecule has 0 atom stereocenters. The van der Waals surface area contributed by atoms with E-state index in [0.29, 0.717) is 5.95 Å². The molecule has 6 heteroatoms. The molecule has 328 valence electrons. The predicted octanol–water partition coefficient (Wildman–Crippen LogP) is 13.3. The summed E-state index contributed by atoms with van der Waals surface area (Å²) >= 11 is 0. The normalized spacial score (nSPS) is 12.0. The highest BCUT2D eigenvalue weighted by Gasteiger charge is 2.41. The Morgan fingerprint density at radius 3 is 1.34 bits per heavy atom. The van der Waals surface area contributed by atoms with Crippen molar-refractivity contribution in [3.63, 3.8) is 0 Å². The second-order valence-corrected chi connectivity index (χ2v) is 21.9. The van der Waals surface area contributed by atoms with Gasteiger partial charge in [0.15, 0.2) is 8.07 Å². The molecule has 0 unspecified atom stereocenters. The second kappa shape index (κ2) is 16.0. The van der Waals surface area contributed by atoms with Crippen molar-refractivity contribution in [2.24, 2.45) is 0 Å². The van der Waals surface area contributed by atoms with Gasteiger partial charge >= 0.3 is 0 Å². The molecule has 10 aromatic carbocycles. The van der Waals surface area contributed by atoms with Crippen LogP contribution >= 0.6 is 0 Å². The molecule has 0 fully saturated rings. The summed E-state index contributed by atoms with van der Waals surface area (Å²) in [7, 11) is -2.75. The highest BCUT2D eigenvalue weighted by atomic mass is 28.3. The molecule has 0 bridgehead atoms. The van der Waals surface area contributed by atoms with Crippen molar-refractivity contribution in [3.05, 3.63) is 255 Å². The third kappa shape index (κ3) is 6.17. The van der Waals surface area contributed by atoms with E-state index in [-0.39, 0.29) is 0 Å². The number of hydrogen-bond donors (Lipinski definition) is 0. The average Bonchev–Trinajstić information content (AvgIpc) is 4.09. The molecular weight excluding hydrogens is 869 g/mol. The topological polar surface area (TPSA) is 48.8 Å². The minimum absolute atomic E-state index is 0.596. The van der Waals surface area contributed by atoms with Crippen LogP contribution in [-0.2, 0) is 0 Å². The molecule has 0 saturated heterocycles. The Hall–Kier alpha value is -9.10. The van der Waals surface area contributed by atoms with Crippen molar-refractivity contribution in [3.8, 4) is 34.2 Å². The quantitative estimate of drug-likeness (QED) is 0.113. The molecule has 0 saturated carbocycles. The summed E-state index contributed by atoms with van der Waals surface area (Å²) in [6.07, 6.45) is 0. The Kier molecular flexibility index (Phi) is 9.15. The number of benzene rings is 10. The van der Waals surface area contributed by atoms with Gasteiger partial charge in [0.25, 0.3) is 0 Å². The van der Waals surface area contributed by atoms with Gasteiger partial charge in [0.05, 0.1) is 33.5 Å². The summed E-state index contributed by atoms with van der Waals surface area (Å²) in [5.41, 5.74) is 10.8. The highest BCUT2D eigenvalue weighted by Crippen LogP contribution is 2.38. The van der Waals surface area contributed by atoms with Crippen molar-refractivity contribution in [1.29, 1.82) is 0 Å². The molecule has 5 nitrogen and oxygen atoms in total. The first-order valence-electron chi connectivity index (χ1n) is 23.8. The monoisotopic (exact) mass is 910 g/mol. The predicted molar refractivity (Wildman–Crippen MR) is 292 cm³/mol. The lowest BCUT2D eigenvalue weighted by Crippen LogP contribution is -2.74. The average molecular weight is 911 g/mol. The first-order valence-corrected chi connectivity index (χ1v) is 25.8. The third-order valence-electron chi connectivity index (χ3n) is 14.3. The lowest BCUT2D eigenvalue weighted by atomic mass is 10.1. The molecule has 4 aromatic heterocycles. The smallest absolute Gasteiger partial charge is 0.235 e. The van der Waals surface area contributed by atoms with Crippen LogP contribution in [-0.4, -0.2) is 27.2 Å². The maximum absolute atomic E-state index is 6.45. The zero-order chi connectivity index (χ0) is 46.2. The molecular formula is C64H42N4OSi. The number of hydrogen-bond acceptors (Lipinski definition) is 3. The van der Waals surface area contributed by atoms with Gasteiger partial charge in [0, 0.05) is 49.1 Å². The largest absolute Gasteiger partial charge is 0.456 e. The Bertz CT molecular complexity index is 4140. The van der Waals surface area contributed by atoms with E-state index in [0.717, 1.165) is 71.9 Å². The van der Waals surface area contributed by atoms with Crippen molar-refractivity contribution < 1.29 is 4.42 Å². The fourth-order valence-electron chi connectivity index (χ4n) is 11.2. The first-order chi connectivity index (χ1) is 34.7. The van der Waals surface area contributed by atoms with Gasteiger partial charge in [-0.15, -0.1) is 0 Å². The van der Waals surface area contributed by atoms with Gasteiger partial charge in [-0.1, -0.05) is 194 Å². The van der Waals surface area contributed by atoms with Gasteiger partial charge in [0.2, 0.25) is 5.95 Å². The minimum Gasteiger partial charge on any atom is -0.456 e. The Balaban J connectivity index is 0.981. The van der Waals surface area contributed by atoms with E-state index in [1.165, 1.54) is 42.6 Å². The molecule has 0 spiro atoms. The molecule has 0 amide bonds. The summed E-state index contributed by atoms with van der Waals surface area (Å²) in [5, 5.41) is 12.2. The maximum Gasteiger partial charge on any atom is 0.235 e. The Labute approximate surface area is 404 Å². The van der Waals surface area contributed by atoms with E-state index < -0.39 is 8.07 Å². The van der Waals surface area contributed by atoms with Gasteiger partial charge in [-0.3, -0.25) is 4.57 Å². The highest BCUT2D eigenvalue weighted by molar-refractivity contribution is 7.19. The van der Waals surface area contributed by atoms with Crippen LogP contribution < -0.4 is 20.7 Å². The zero-order valence-corrected chi connectivity index (χ0v) is 38.9.